The summed E-state index contributed by atoms with van der Waals surface area (Å²) in [6.45, 7) is 2.47. The molecule has 33 heavy (non-hydrogen) atoms. The zero-order valence-electron chi connectivity index (χ0n) is 19.0. The van der Waals surface area contributed by atoms with Crippen molar-refractivity contribution in [3.8, 4) is 5.75 Å². The molecule has 0 bridgehead atoms. The van der Waals surface area contributed by atoms with E-state index < -0.39 is 15.6 Å². The highest BCUT2D eigenvalue weighted by Gasteiger charge is 2.78. The normalized spacial score (nSPS) is 29.9. The molecule has 6 heteroatoms. The van der Waals surface area contributed by atoms with Gasteiger partial charge < -0.3 is 9.47 Å². The predicted molar refractivity (Wildman–Crippen MR) is 126 cm³/mol. The largest absolute Gasteiger partial charge is 0.497 e. The summed E-state index contributed by atoms with van der Waals surface area (Å²) >= 11 is 0. The lowest BCUT2D eigenvalue weighted by molar-refractivity contribution is -0.0242. The minimum atomic E-state index is -3.71. The minimum Gasteiger partial charge on any atom is -0.497 e. The maximum Gasteiger partial charge on any atom is 0.243 e. The van der Waals surface area contributed by atoms with E-state index in [4.69, 9.17) is 9.47 Å². The van der Waals surface area contributed by atoms with Gasteiger partial charge in [0.2, 0.25) is 10.0 Å². The average Bonchev–Trinajstić information content (AvgIpc) is 3.36. The van der Waals surface area contributed by atoms with Crippen molar-refractivity contribution in [3.05, 3.63) is 95.1 Å². The second-order valence-corrected chi connectivity index (χ2v) is 11.3. The minimum absolute atomic E-state index is 0.218. The summed E-state index contributed by atoms with van der Waals surface area (Å²) in [7, 11) is -0.366. The molecule has 1 heterocycles. The highest BCUT2D eigenvalue weighted by molar-refractivity contribution is 7.89. The number of fused-ring (bicyclic) bond motifs is 1. The van der Waals surface area contributed by atoms with E-state index in [0.29, 0.717) is 17.4 Å². The Hall–Kier alpha value is -2.67. The first-order chi connectivity index (χ1) is 15.9. The molecule has 3 aromatic carbocycles. The quantitative estimate of drug-likeness (QED) is 0.570. The van der Waals surface area contributed by atoms with Gasteiger partial charge >= 0.3 is 0 Å². The van der Waals surface area contributed by atoms with Crippen LogP contribution in [0.1, 0.15) is 28.7 Å². The summed E-state index contributed by atoms with van der Waals surface area (Å²) in [6, 6.07) is 23.0. The fraction of sp³-hybridized carbons (Fsp3) is 0.333. The Balaban J connectivity index is 1.57. The number of hydrogen-bond acceptors (Lipinski definition) is 4. The maximum atomic E-state index is 14.0. The molecule has 1 saturated heterocycles. The Bertz CT molecular complexity index is 1340. The summed E-state index contributed by atoms with van der Waals surface area (Å²) in [6.07, 6.45) is 0.982. The van der Waals surface area contributed by atoms with E-state index in [2.05, 4.69) is 18.2 Å². The molecule has 2 aliphatic carbocycles. The molecule has 0 aromatic heterocycles. The van der Waals surface area contributed by atoms with Crippen LogP contribution in [0.2, 0.25) is 0 Å². The number of nitrogens with zero attached hydrogens (tertiary/aromatic N) is 1. The van der Waals surface area contributed by atoms with Crippen molar-refractivity contribution in [2.24, 2.45) is 5.92 Å². The molecule has 0 unspecified atom stereocenters. The van der Waals surface area contributed by atoms with Crippen LogP contribution in [0.15, 0.2) is 77.7 Å². The van der Waals surface area contributed by atoms with E-state index in [1.54, 1.807) is 30.7 Å². The van der Waals surface area contributed by atoms with E-state index >= 15 is 0 Å². The number of benzene rings is 3. The average molecular weight is 462 g/mol. The molecular formula is C27H27NO4S. The number of rotatable bonds is 5. The highest BCUT2D eigenvalue weighted by atomic mass is 32.2. The Morgan fingerprint density at radius 3 is 2.21 bits per heavy atom. The summed E-state index contributed by atoms with van der Waals surface area (Å²) in [4.78, 5) is 0.334. The van der Waals surface area contributed by atoms with Gasteiger partial charge in [0.25, 0.3) is 0 Å². The zero-order valence-corrected chi connectivity index (χ0v) is 19.8. The number of piperidine rings is 1. The second-order valence-electron chi connectivity index (χ2n) is 9.45. The summed E-state index contributed by atoms with van der Waals surface area (Å²) < 4.78 is 41.5. The molecule has 3 aromatic rings. The molecule has 0 N–H and O–H groups in total. The lowest BCUT2D eigenvalue weighted by Crippen LogP contribution is -2.53. The number of hydrogen-bond donors (Lipinski definition) is 0. The molecule has 6 rings (SSSR count). The predicted octanol–water partition coefficient (Wildman–Crippen LogP) is 4.24. The van der Waals surface area contributed by atoms with Crippen molar-refractivity contribution < 1.29 is 17.9 Å². The van der Waals surface area contributed by atoms with Crippen molar-refractivity contribution in [1.29, 1.82) is 0 Å². The lowest BCUT2D eigenvalue weighted by atomic mass is 9.82. The van der Waals surface area contributed by atoms with Crippen LogP contribution in [0.25, 0.3) is 0 Å². The highest BCUT2D eigenvalue weighted by Crippen LogP contribution is 2.73. The zero-order chi connectivity index (χ0) is 23.0. The molecule has 1 aliphatic heterocycles. The fourth-order valence-electron chi connectivity index (χ4n) is 6.47. The molecular weight excluding hydrogens is 434 g/mol. The van der Waals surface area contributed by atoms with Crippen molar-refractivity contribution in [2.75, 3.05) is 20.8 Å². The monoisotopic (exact) mass is 461 g/mol. The first-order valence-corrected chi connectivity index (χ1v) is 12.7. The van der Waals surface area contributed by atoms with Gasteiger partial charge in [-0.25, -0.2) is 8.42 Å². The smallest absolute Gasteiger partial charge is 0.243 e. The van der Waals surface area contributed by atoms with Crippen LogP contribution in [0, 0.1) is 12.8 Å². The number of sulfonamides is 1. The maximum absolute atomic E-state index is 14.0. The van der Waals surface area contributed by atoms with Crippen molar-refractivity contribution in [3.63, 3.8) is 0 Å². The van der Waals surface area contributed by atoms with Crippen LogP contribution in [-0.4, -0.2) is 39.5 Å². The molecule has 1 saturated carbocycles. The summed E-state index contributed by atoms with van der Waals surface area (Å²) in [5.41, 5.74) is 3.15. The van der Waals surface area contributed by atoms with Gasteiger partial charge in [-0.15, -0.1) is 0 Å². The summed E-state index contributed by atoms with van der Waals surface area (Å²) in [5.74, 6) is 1.05. The third kappa shape index (κ3) is 2.57. The van der Waals surface area contributed by atoms with Gasteiger partial charge in [0.1, 0.15) is 11.4 Å². The second kappa shape index (κ2) is 6.92. The Morgan fingerprint density at radius 1 is 0.909 bits per heavy atom. The van der Waals surface area contributed by atoms with E-state index in [1.807, 2.05) is 49.4 Å². The molecule has 2 fully saturated rings. The molecule has 1 spiro atoms. The van der Waals surface area contributed by atoms with E-state index in [1.165, 1.54) is 5.56 Å². The standard InChI is InChI=1S/C27H27NO4S/c1-18-8-14-22(15-9-18)33(29,30)28-17-20-16-26(20)23-6-4-5-7-24(23)27(32-3,25(26)28)19-10-12-21(31-2)13-11-19/h4-15,20,25H,16-17H2,1-3H3/t20-,25-,26-,27+/m0/s1. The molecule has 4 atom stereocenters. The lowest BCUT2D eigenvalue weighted by Gasteiger charge is -2.41. The number of ether oxygens (including phenoxy) is 2. The first-order valence-electron chi connectivity index (χ1n) is 11.3. The Morgan fingerprint density at radius 2 is 1.58 bits per heavy atom. The van der Waals surface area contributed by atoms with Crippen molar-refractivity contribution >= 4 is 10.0 Å². The SMILES string of the molecule is COc1ccc([C@@]2(OC)c3ccccc3[C@]34C[C@H]3CN(S(=O)(=O)c3ccc(C)cc3)[C@H]24)cc1. The fourth-order valence-corrected chi connectivity index (χ4v) is 8.21. The van der Waals surface area contributed by atoms with Crippen LogP contribution in [-0.2, 0) is 25.8 Å². The van der Waals surface area contributed by atoms with Gasteiger partial charge in [-0.1, -0.05) is 54.1 Å². The summed E-state index contributed by atoms with van der Waals surface area (Å²) in [5, 5.41) is 0. The third-order valence-corrected chi connectivity index (χ3v) is 9.86. The van der Waals surface area contributed by atoms with E-state index in [0.717, 1.165) is 28.9 Å². The Kier molecular flexibility index (Phi) is 4.38. The molecule has 170 valence electrons. The molecule has 5 nitrogen and oxygen atoms in total. The van der Waals surface area contributed by atoms with Crippen LogP contribution in [0.3, 0.4) is 0 Å². The van der Waals surface area contributed by atoms with Gasteiger partial charge in [0.15, 0.2) is 0 Å². The van der Waals surface area contributed by atoms with Gasteiger partial charge in [0, 0.05) is 19.1 Å². The van der Waals surface area contributed by atoms with Gasteiger partial charge in [-0.2, -0.15) is 4.31 Å². The Labute approximate surface area is 195 Å². The number of methoxy groups -OCH3 is 2. The topological polar surface area (TPSA) is 55.8 Å². The van der Waals surface area contributed by atoms with Crippen LogP contribution < -0.4 is 4.74 Å². The van der Waals surface area contributed by atoms with Crippen LogP contribution in [0.4, 0.5) is 0 Å². The van der Waals surface area contributed by atoms with E-state index in [-0.39, 0.29) is 11.5 Å². The van der Waals surface area contributed by atoms with Crippen LogP contribution in [0.5, 0.6) is 5.75 Å². The van der Waals surface area contributed by atoms with Crippen molar-refractivity contribution in [1.82, 2.24) is 4.31 Å². The molecule has 0 radical (unpaired) electrons. The number of aryl methyl sites for hydroxylation is 1. The third-order valence-electron chi connectivity index (χ3n) is 8.01. The molecule has 3 aliphatic rings. The van der Waals surface area contributed by atoms with Crippen molar-refractivity contribution in [2.45, 2.75) is 35.3 Å². The van der Waals surface area contributed by atoms with Gasteiger partial charge in [-0.3, -0.25) is 0 Å². The first kappa shape index (κ1) is 20.9. The van der Waals surface area contributed by atoms with Crippen LogP contribution >= 0.6 is 0 Å². The van der Waals surface area contributed by atoms with E-state index in [9.17, 15) is 8.42 Å². The molecule has 0 amide bonds. The van der Waals surface area contributed by atoms with Gasteiger partial charge in [0.05, 0.1) is 18.0 Å². The van der Waals surface area contributed by atoms with Gasteiger partial charge in [-0.05, 0) is 60.2 Å².